The van der Waals surface area contributed by atoms with Crippen molar-refractivity contribution in [2.24, 2.45) is 10.9 Å². The number of nitrogens with one attached hydrogen (secondary N) is 2. The molecule has 1 aliphatic rings. The van der Waals surface area contributed by atoms with Gasteiger partial charge in [-0.2, -0.15) is 0 Å². The van der Waals surface area contributed by atoms with Gasteiger partial charge in [-0.3, -0.25) is 19.7 Å². The summed E-state index contributed by atoms with van der Waals surface area (Å²) in [6, 6.07) is 21.4. The van der Waals surface area contributed by atoms with Gasteiger partial charge < -0.3 is 25.9 Å². The van der Waals surface area contributed by atoms with E-state index in [0.29, 0.717) is 24.3 Å². The maximum Gasteiger partial charge on any atom is 0.319 e. The van der Waals surface area contributed by atoms with E-state index in [0.717, 1.165) is 16.0 Å². The quantitative estimate of drug-likeness (QED) is 0.0851. The Kier molecular flexibility index (Phi) is 10.5. The SMILES string of the molecule is CCOC(=O)CNC(C(=O)N1CCC[C@H]1C(=O)NCc1ccc(/C(N)=N/O)s1)C(c1ccccc1)c1ccccc1. The highest BCUT2D eigenvalue weighted by molar-refractivity contribution is 7.14. The summed E-state index contributed by atoms with van der Waals surface area (Å²) in [5.74, 6) is -1.37. The fourth-order valence-corrected chi connectivity index (χ4v) is 5.93. The van der Waals surface area contributed by atoms with Crippen LogP contribution < -0.4 is 16.4 Å². The van der Waals surface area contributed by atoms with Crippen molar-refractivity contribution in [3.05, 3.63) is 93.7 Å². The first-order valence-electron chi connectivity index (χ1n) is 13.6. The minimum Gasteiger partial charge on any atom is -0.465 e. The van der Waals surface area contributed by atoms with Gasteiger partial charge in [0, 0.05) is 17.3 Å². The molecule has 2 heterocycles. The zero-order valence-corrected chi connectivity index (χ0v) is 23.7. The zero-order valence-electron chi connectivity index (χ0n) is 22.9. The van der Waals surface area contributed by atoms with Gasteiger partial charge in [0.25, 0.3) is 0 Å². The van der Waals surface area contributed by atoms with Gasteiger partial charge in [-0.05, 0) is 43.0 Å². The van der Waals surface area contributed by atoms with E-state index in [1.54, 1.807) is 24.0 Å². The highest BCUT2D eigenvalue weighted by Crippen LogP contribution is 2.31. The highest BCUT2D eigenvalue weighted by atomic mass is 32.1. The summed E-state index contributed by atoms with van der Waals surface area (Å²) in [7, 11) is 0. The Labute approximate surface area is 243 Å². The van der Waals surface area contributed by atoms with E-state index < -0.39 is 24.0 Å². The van der Waals surface area contributed by atoms with Crippen molar-refractivity contribution in [2.75, 3.05) is 19.7 Å². The third kappa shape index (κ3) is 7.50. The lowest BCUT2D eigenvalue weighted by Crippen LogP contribution is -2.55. The Morgan fingerprint density at radius 1 is 1.07 bits per heavy atom. The fourth-order valence-electron chi connectivity index (χ4n) is 5.08. The van der Waals surface area contributed by atoms with Crippen LogP contribution in [-0.2, 0) is 25.7 Å². The van der Waals surface area contributed by atoms with Crippen LogP contribution in [0.3, 0.4) is 0 Å². The number of likely N-dealkylation sites (tertiary alicyclic amines) is 1. The molecule has 10 nitrogen and oxygen atoms in total. The summed E-state index contributed by atoms with van der Waals surface area (Å²) in [6.07, 6.45) is 1.21. The van der Waals surface area contributed by atoms with Crippen LogP contribution in [0.25, 0.3) is 0 Å². The largest absolute Gasteiger partial charge is 0.465 e. The van der Waals surface area contributed by atoms with Crippen molar-refractivity contribution in [1.82, 2.24) is 15.5 Å². The van der Waals surface area contributed by atoms with Crippen LogP contribution in [0.2, 0.25) is 0 Å². The Morgan fingerprint density at radius 2 is 1.73 bits per heavy atom. The molecular formula is C30H35N5O5S. The Morgan fingerprint density at radius 3 is 2.34 bits per heavy atom. The molecule has 0 saturated carbocycles. The van der Waals surface area contributed by atoms with Gasteiger partial charge in [0.1, 0.15) is 6.04 Å². The number of oxime groups is 1. The van der Waals surface area contributed by atoms with Gasteiger partial charge in [-0.25, -0.2) is 0 Å². The van der Waals surface area contributed by atoms with Gasteiger partial charge >= 0.3 is 5.97 Å². The molecule has 2 amide bonds. The lowest BCUT2D eigenvalue weighted by atomic mass is 9.84. The number of amidine groups is 1. The molecule has 0 radical (unpaired) electrons. The molecule has 11 heteroatoms. The van der Waals surface area contributed by atoms with E-state index in [1.165, 1.54) is 11.3 Å². The number of carbonyl (C=O) groups excluding carboxylic acids is 3. The number of esters is 1. The van der Waals surface area contributed by atoms with Gasteiger partial charge in [0.2, 0.25) is 11.8 Å². The first-order valence-corrected chi connectivity index (χ1v) is 14.4. The molecule has 3 aromatic rings. The van der Waals surface area contributed by atoms with Gasteiger partial charge in [0.05, 0.1) is 30.6 Å². The van der Waals surface area contributed by atoms with E-state index in [4.69, 9.17) is 15.7 Å². The number of nitrogens with two attached hydrogens (primary N) is 1. The Balaban J connectivity index is 1.57. The van der Waals surface area contributed by atoms with Crippen LogP contribution in [-0.4, -0.2) is 65.5 Å². The summed E-state index contributed by atoms with van der Waals surface area (Å²) < 4.78 is 5.13. The summed E-state index contributed by atoms with van der Waals surface area (Å²) >= 11 is 1.31. The molecular weight excluding hydrogens is 542 g/mol. The second-order valence-electron chi connectivity index (χ2n) is 9.62. The Bertz CT molecular complexity index is 1310. The smallest absolute Gasteiger partial charge is 0.319 e. The number of carbonyl (C=O) groups is 3. The lowest BCUT2D eigenvalue weighted by Gasteiger charge is -2.33. The molecule has 0 bridgehead atoms. The number of ether oxygens (including phenoxy) is 1. The van der Waals surface area contributed by atoms with E-state index in [1.807, 2.05) is 60.7 Å². The molecule has 216 valence electrons. The molecule has 2 atom stereocenters. The third-order valence-electron chi connectivity index (χ3n) is 6.99. The van der Waals surface area contributed by atoms with Crippen LogP contribution in [0.5, 0.6) is 0 Å². The number of benzene rings is 2. The van der Waals surface area contributed by atoms with E-state index in [9.17, 15) is 14.4 Å². The minimum atomic E-state index is -0.821. The summed E-state index contributed by atoms with van der Waals surface area (Å²) in [5.41, 5.74) is 7.48. The van der Waals surface area contributed by atoms with Crippen LogP contribution >= 0.6 is 11.3 Å². The van der Waals surface area contributed by atoms with Crippen molar-refractivity contribution >= 4 is 35.0 Å². The molecule has 4 rings (SSSR count). The number of thiophene rings is 1. The van der Waals surface area contributed by atoms with Crippen molar-refractivity contribution in [1.29, 1.82) is 0 Å². The van der Waals surface area contributed by atoms with E-state index in [-0.39, 0.29) is 37.3 Å². The first-order chi connectivity index (χ1) is 19.9. The minimum absolute atomic E-state index is 0.00730. The second-order valence-corrected chi connectivity index (χ2v) is 10.8. The summed E-state index contributed by atoms with van der Waals surface area (Å²) in [4.78, 5) is 43.0. The second kappa shape index (κ2) is 14.4. The molecule has 1 saturated heterocycles. The predicted octanol–water partition coefficient (Wildman–Crippen LogP) is 2.80. The molecule has 1 unspecified atom stereocenters. The van der Waals surface area contributed by atoms with Crippen molar-refractivity contribution in [2.45, 2.75) is 44.3 Å². The zero-order chi connectivity index (χ0) is 29.2. The van der Waals surface area contributed by atoms with Gasteiger partial charge in [-0.15, -0.1) is 11.3 Å². The average Bonchev–Trinajstić information content (AvgIpc) is 3.69. The molecule has 1 fully saturated rings. The van der Waals surface area contributed by atoms with Crippen LogP contribution in [0.1, 0.15) is 46.6 Å². The predicted molar refractivity (Wildman–Crippen MR) is 157 cm³/mol. The van der Waals surface area contributed by atoms with Crippen molar-refractivity contribution in [3.63, 3.8) is 0 Å². The maximum atomic E-state index is 14.3. The number of hydrogen-bond donors (Lipinski definition) is 4. The van der Waals surface area contributed by atoms with Crippen molar-refractivity contribution in [3.8, 4) is 0 Å². The molecule has 2 aromatic carbocycles. The van der Waals surface area contributed by atoms with E-state index >= 15 is 0 Å². The first kappa shape index (κ1) is 29.8. The molecule has 1 aliphatic heterocycles. The van der Waals surface area contributed by atoms with Crippen LogP contribution in [0.15, 0.2) is 78.0 Å². The maximum absolute atomic E-state index is 14.3. The lowest BCUT2D eigenvalue weighted by molar-refractivity contribution is -0.143. The topological polar surface area (TPSA) is 146 Å². The number of hydrogen-bond acceptors (Lipinski definition) is 8. The molecule has 0 aliphatic carbocycles. The molecule has 0 spiro atoms. The average molecular weight is 578 g/mol. The summed E-state index contributed by atoms with van der Waals surface area (Å²) in [6.45, 7) is 2.50. The van der Waals surface area contributed by atoms with Crippen molar-refractivity contribution < 1.29 is 24.3 Å². The number of rotatable bonds is 12. The normalized spacial score (nSPS) is 16.0. The molecule has 5 N–H and O–H groups in total. The van der Waals surface area contributed by atoms with Gasteiger partial charge in [0.15, 0.2) is 5.84 Å². The monoisotopic (exact) mass is 577 g/mol. The number of amides is 2. The summed E-state index contributed by atoms with van der Waals surface area (Å²) in [5, 5.41) is 18.0. The van der Waals surface area contributed by atoms with Crippen LogP contribution in [0, 0.1) is 0 Å². The number of nitrogens with zero attached hydrogens (tertiary/aromatic N) is 2. The Hall–Kier alpha value is -4.22. The molecule has 1 aromatic heterocycles. The standard InChI is InChI=1S/C30H35N5O5S/c1-2-40-25(36)19-32-27(26(20-10-5-3-6-11-20)21-12-7-4-8-13-21)30(38)35-17-9-14-23(35)29(37)33-18-22-15-16-24(41-22)28(31)34-39/h3-8,10-13,15-16,23,26-27,32,39H,2,9,14,17-19H2,1H3,(H2,31,34)(H,33,37)/t23-,27?/m0/s1. The molecule has 41 heavy (non-hydrogen) atoms. The fraction of sp³-hybridized carbons (Fsp3) is 0.333. The highest BCUT2D eigenvalue weighted by Gasteiger charge is 2.40. The third-order valence-corrected chi connectivity index (χ3v) is 8.09. The van der Waals surface area contributed by atoms with Crippen LogP contribution in [0.4, 0.5) is 0 Å². The van der Waals surface area contributed by atoms with Gasteiger partial charge in [-0.1, -0.05) is 65.8 Å². The van der Waals surface area contributed by atoms with E-state index in [2.05, 4.69) is 15.8 Å².